The minimum absolute atomic E-state index is 0.288. The van der Waals surface area contributed by atoms with Crippen LogP contribution in [0, 0.1) is 0 Å². The third-order valence-electron chi connectivity index (χ3n) is 0.881. The van der Waals surface area contributed by atoms with Gasteiger partial charge in [-0.2, -0.15) is 0 Å². The maximum absolute atomic E-state index is 12.2. The Morgan fingerprint density at radius 3 is 2.43 bits per heavy atom. The first-order chi connectivity index (χ1) is 3.12. The molecule has 7 heavy (non-hydrogen) atoms. The Balaban J connectivity index is 3.58. The molecule has 0 amide bonds. The van der Waals surface area contributed by atoms with Gasteiger partial charge in [-0.3, -0.25) is 5.73 Å². The molecule has 2 heteroatoms. The fourth-order valence-electron chi connectivity index (χ4n) is 0.144. The zero-order chi connectivity index (χ0) is 5.91. The smallest absolute Gasteiger partial charge is 0.177 e. The van der Waals surface area contributed by atoms with Gasteiger partial charge in [-0.15, -0.1) is 0 Å². The Bertz CT molecular complexity index is 68.5. The SMILES string of the molecule is C=CC(N)(F)CC. The Labute approximate surface area is 43.0 Å². The van der Waals surface area contributed by atoms with Crippen molar-refractivity contribution in [1.29, 1.82) is 0 Å². The Morgan fingerprint density at radius 1 is 2.00 bits per heavy atom. The van der Waals surface area contributed by atoms with E-state index in [4.69, 9.17) is 5.73 Å². The molecule has 0 aromatic carbocycles. The minimum Gasteiger partial charge on any atom is -0.296 e. The van der Waals surface area contributed by atoms with Crippen LogP contribution < -0.4 is 5.73 Å². The van der Waals surface area contributed by atoms with E-state index in [1.807, 2.05) is 0 Å². The van der Waals surface area contributed by atoms with Crippen molar-refractivity contribution in [3.63, 3.8) is 0 Å². The standard InChI is InChI=1S/C5H10FN/c1-3-5(6,7)4-2/h3H,1,4,7H2,2H3. The van der Waals surface area contributed by atoms with E-state index in [1.54, 1.807) is 6.92 Å². The van der Waals surface area contributed by atoms with E-state index in [-0.39, 0.29) is 6.42 Å². The van der Waals surface area contributed by atoms with Gasteiger partial charge in [0, 0.05) is 0 Å². The summed E-state index contributed by atoms with van der Waals surface area (Å²) in [5.74, 6) is -1.65. The van der Waals surface area contributed by atoms with Crippen LogP contribution in [0.15, 0.2) is 12.7 Å². The van der Waals surface area contributed by atoms with Crippen LogP contribution in [-0.4, -0.2) is 5.79 Å². The molecule has 0 fully saturated rings. The molecule has 0 spiro atoms. The average molecular weight is 103 g/mol. The number of hydrogen-bond acceptors (Lipinski definition) is 1. The van der Waals surface area contributed by atoms with E-state index >= 15 is 0 Å². The number of halogens is 1. The Morgan fingerprint density at radius 2 is 2.43 bits per heavy atom. The van der Waals surface area contributed by atoms with Crippen molar-refractivity contribution in [2.24, 2.45) is 5.73 Å². The fourth-order valence-corrected chi connectivity index (χ4v) is 0.144. The van der Waals surface area contributed by atoms with E-state index in [0.717, 1.165) is 6.08 Å². The second kappa shape index (κ2) is 2.07. The molecule has 0 saturated carbocycles. The van der Waals surface area contributed by atoms with E-state index in [0.29, 0.717) is 0 Å². The monoisotopic (exact) mass is 103 g/mol. The summed E-state index contributed by atoms with van der Waals surface area (Å²) >= 11 is 0. The van der Waals surface area contributed by atoms with Crippen molar-refractivity contribution >= 4 is 0 Å². The molecular weight excluding hydrogens is 93.1 g/mol. The van der Waals surface area contributed by atoms with Crippen LogP contribution in [0.4, 0.5) is 4.39 Å². The van der Waals surface area contributed by atoms with Gasteiger partial charge in [0.15, 0.2) is 5.79 Å². The fraction of sp³-hybridized carbons (Fsp3) is 0.600. The van der Waals surface area contributed by atoms with Crippen molar-refractivity contribution in [3.8, 4) is 0 Å². The molecule has 1 unspecified atom stereocenters. The molecular formula is C5H10FN. The van der Waals surface area contributed by atoms with Crippen molar-refractivity contribution < 1.29 is 4.39 Å². The summed E-state index contributed by atoms with van der Waals surface area (Å²) in [7, 11) is 0. The van der Waals surface area contributed by atoms with Crippen molar-refractivity contribution in [2.75, 3.05) is 0 Å². The molecule has 0 heterocycles. The molecule has 0 radical (unpaired) electrons. The second-order valence-electron chi connectivity index (χ2n) is 1.48. The van der Waals surface area contributed by atoms with Gasteiger partial charge >= 0.3 is 0 Å². The molecule has 1 nitrogen and oxygen atoms in total. The summed E-state index contributed by atoms with van der Waals surface area (Å²) < 4.78 is 12.2. The first-order valence-electron chi connectivity index (χ1n) is 2.24. The molecule has 1 atom stereocenters. The molecule has 0 aromatic rings. The third-order valence-corrected chi connectivity index (χ3v) is 0.881. The van der Waals surface area contributed by atoms with Crippen LogP contribution in [0.2, 0.25) is 0 Å². The lowest BCUT2D eigenvalue weighted by Gasteiger charge is -2.09. The summed E-state index contributed by atoms with van der Waals surface area (Å²) in [6.07, 6.45) is 1.39. The van der Waals surface area contributed by atoms with Crippen LogP contribution in [0.3, 0.4) is 0 Å². The molecule has 0 aliphatic heterocycles. The highest BCUT2D eigenvalue weighted by atomic mass is 19.1. The molecule has 0 rings (SSSR count). The van der Waals surface area contributed by atoms with E-state index in [1.165, 1.54) is 0 Å². The second-order valence-corrected chi connectivity index (χ2v) is 1.48. The summed E-state index contributed by atoms with van der Waals surface area (Å²) in [6, 6.07) is 0. The van der Waals surface area contributed by atoms with Crippen LogP contribution in [0.1, 0.15) is 13.3 Å². The lowest BCUT2D eigenvalue weighted by Crippen LogP contribution is -2.29. The first-order valence-corrected chi connectivity index (χ1v) is 2.24. The molecule has 0 aromatic heterocycles. The van der Waals surface area contributed by atoms with Gasteiger partial charge in [-0.05, 0) is 12.5 Å². The van der Waals surface area contributed by atoms with Crippen molar-refractivity contribution in [2.45, 2.75) is 19.1 Å². The molecule has 0 aliphatic carbocycles. The van der Waals surface area contributed by atoms with Gasteiger partial charge in [0.2, 0.25) is 0 Å². The van der Waals surface area contributed by atoms with Gasteiger partial charge in [0.1, 0.15) is 0 Å². The topological polar surface area (TPSA) is 26.0 Å². The average Bonchev–Trinajstić information content (AvgIpc) is 1.68. The van der Waals surface area contributed by atoms with Crippen molar-refractivity contribution in [1.82, 2.24) is 0 Å². The molecule has 2 N–H and O–H groups in total. The molecule has 42 valence electrons. The van der Waals surface area contributed by atoms with E-state index < -0.39 is 5.79 Å². The van der Waals surface area contributed by atoms with Crippen LogP contribution in [0.25, 0.3) is 0 Å². The van der Waals surface area contributed by atoms with E-state index in [9.17, 15) is 4.39 Å². The first kappa shape index (κ1) is 6.63. The minimum atomic E-state index is -1.65. The maximum Gasteiger partial charge on any atom is 0.177 e. The maximum atomic E-state index is 12.2. The normalized spacial score (nSPS) is 18.1. The van der Waals surface area contributed by atoms with Crippen LogP contribution in [-0.2, 0) is 0 Å². The highest BCUT2D eigenvalue weighted by Crippen LogP contribution is 2.06. The Kier molecular flexibility index (Phi) is 1.96. The highest BCUT2D eigenvalue weighted by Gasteiger charge is 2.13. The number of nitrogens with two attached hydrogens (primary N) is 1. The molecule has 0 saturated heterocycles. The lowest BCUT2D eigenvalue weighted by molar-refractivity contribution is 0.233. The van der Waals surface area contributed by atoms with Gasteiger partial charge in [0.05, 0.1) is 0 Å². The Hall–Kier alpha value is -0.370. The van der Waals surface area contributed by atoms with Crippen LogP contribution in [0.5, 0.6) is 0 Å². The van der Waals surface area contributed by atoms with Crippen molar-refractivity contribution in [3.05, 3.63) is 12.7 Å². The zero-order valence-corrected chi connectivity index (χ0v) is 4.45. The van der Waals surface area contributed by atoms with Gasteiger partial charge < -0.3 is 0 Å². The summed E-state index contributed by atoms with van der Waals surface area (Å²) in [5.41, 5.74) is 4.93. The quantitative estimate of drug-likeness (QED) is 0.412. The number of rotatable bonds is 2. The van der Waals surface area contributed by atoms with Gasteiger partial charge in [0.25, 0.3) is 0 Å². The third kappa shape index (κ3) is 2.34. The predicted octanol–water partition coefficient (Wildman–Crippen LogP) is 1.21. The number of alkyl halides is 1. The van der Waals surface area contributed by atoms with Gasteiger partial charge in [-0.25, -0.2) is 4.39 Å². The summed E-state index contributed by atoms with van der Waals surface area (Å²) in [6.45, 7) is 4.87. The lowest BCUT2D eigenvalue weighted by atomic mass is 10.2. The summed E-state index contributed by atoms with van der Waals surface area (Å²) in [5, 5.41) is 0. The zero-order valence-electron chi connectivity index (χ0n) is 4.45. The molecule has 0 bridgehead atoms. The summed E-state index contributed by atoms with van der Waals surface area (Å²) in [4.78, 5) is 0. The van der Waals surface area contributed by atoms with E-state index in [2.05, 4.69) is 6.58 Å². The number of hydrogen-bond donors (Lipinski definition) is 1. The van der Waals surface area contributed by atoms with Crippen LogP contribution >= 0.6 is 0 Å². The highest BCUT2D eigenvalue weighted by molar-refractivity contribution is 4.89. The molecule has 0 aliphatic rings. The van der Waals surface area contributed by atoms with Gasteiger partial charge in [-0.1, -0.05) is 13.5 Å². The largest absolute Gasteiger partial charge is 0.296 e. The predicted molar refractivity (Wildman–Crippen MR) is 28.5 cm³/mol.